The largest absolute Gasteiger partial charge is 0.394 e. The third-order valence-electron chi connectivity index (χ3n) is 6.39. The summed E-state index contributed by atoms with van der Waals surface area (Å²) >= 11 is 0. The van der Waals surface area contributed by atoms with Crippen LogP contribution in [0.25, 0.3) is 11.2 Å². The molecule has 2 aromatic heterocycles. The Morgan fingerprint density at radius 1 is 1.16 bits per heavy atom. The second kappa shape index (κ2) is 5.98. The number of hydrogen-bond donors (Lipinski definition) is 6. The molecule has 4 heterocycles. The number of nitrogens with one attached hydrogen (secondary N) is 1. The highest BCUT2D eigenvalue weighted by Crippen LogP contribution is 2.51. The summed E-state index contributed by atoms with van der Waals surface area (Å²) in [6.07, 6.45) is -3.95. The molecule has 6 rings (SSSR count). The number of Topliss-reactive ketones (excluding diaryl/α,β-unsaturated/α-hetero) is 1. The second-order valence-corrected chi connectivity index (χ2v) is 8.01. The molecule has 0 radical (unpaired) electrons. The number of carbonyl (C=O) groups is 1. The predicted octanol–water partition coefficient (Wildman–Crippen LogP) is -2.68. The maximum Gasteiger partial charge on any atom is 0.286 e. The SMILES string of the molecule is O=C1c2ccccc2C2(O)Nc3nc4c(ncn4C4OC(CO)C(O)C4O)c(=O)n3C12O. The van der Waals surface area contributed by atoms with E-state index in [1.54, 1.807) is 12.1 Å². The lowest BCUT2D eigenvalue weighted by molar-refractivity contribution is -0.139. The normalized spacial score (nSPS) is 35.1. The van der Waals surface area contributed by atoms with Gasteiger partial charge in [0.25, 0.3) is 11.3 Å². The van der Waals surface area contributed by atoms with Gasteiger partial charge in [-0.05, 0) is 0 Å². The van der Waals surface area contributed by atoms with E-state index in [9.17, 15) is 35.1 Å². The highest BCUT2D eigenvalue weighted by atomic mass is 16.6. The van der Waals surface area contributed by atoms with Crippen molar-refractivity contribution in [1.82, 2.24) is 19.1 Å². The Morgan fingerprint density at radius 2 is 1.91 bits per heavy atom. The van der Waals surface area contributed by atoms with Crippen LogP contribution in [-0.4, -0.2) is 75.3 Å². The van der Waals surface area contributed by atoms with E-state index >= 15 is 0 Å². The van der Waals surface area contributed by atoms with Crippen molar-refractivity contribution in [1.29, 1.82) is 0 Å². The molecule has 0 spiro atoms. The summed E-state index contributed by atoms with van der Waals surface area (Å²) in [4.78, 5) is 34.6. The van der Waals surface area contributed by atoms with Crippen molar-refractivity contribution in [3.8, 4) is 0 Å². The minimum atomic E-state index is -2.68. The Bertz CT molecular complexity index is 1370. The fourth-order valence-corrected chi connectivity index (χ4v) is 4.76. The molecule has 0 amide bonds. The van der Waals surface area contributed by atoms with E-state index in [1.165, 1.54) is 16.7 Å². The van der Waals surface area contributed by atoms with Gasteiger partial charge in [0.2, 0.25) is 17.5 Å². The Balaban J connectivity index is 1.55. The van der Waals surface area contributed by atoms with Gasteiger partial charge in [0.15, 0.2) is 17.4 Å². The summed E-state index contributed by atoms with van der Waals surface area (Å²) in [6.45, 7) is -0.546. The van der Waals surface area contributed by atoms with Gasteiger partial charge in [-0.2, -0.15) is 4.98 Å². The van der Waals surface area contributed by atoms with E-state index in [1.807, 2.05) is 0 Å². The van der Waals surface area contributed by atoms with Crippen LogP contribution < -0.4 is 10.9 Å². The van der Waals surface area contributed by atoms with E-state index in [-0.39, 0.29) is 28.2 Å². The minimum absolute atomic E-state index is 0.0553. The standard InChI is InChI=1S/C19H17N5O8/c25-5-9-11(26)12(27)16(32-9)23-6-20-10-14(23)21-17-22-18(30)8-4-2-1-3-7(8)13(28)19(18,31)24(17)15(10)29/h1-4,6,9,11-12,16,25-27,30-31H,5H2,(H,21,22). The molecule has 1 aliphatic carbocycles. The van der Waals surface area contributed by atoms with Gasteiger partial charge in [0.05, 0.1) is 12.9 Å². The summed E-state index contributed by atoms with van der Waals surface area (Å²) in [5.41, 5.74) is -6.16. The van der Waals surface area contributed by atoms with Gasteiger partial charge >= 0.3 is 0 Å². The van der Waals surface area contributed by atoms with Crippen LogP contribution >= 0.6 is 0 Å². The molecule has 3 aromatic rings. The van der Waals surface area contributed by atoms with Gasteiger partial charge in [-0.25, -0.2) is 9.55 Å². The molecule has 1 saturated heterocycles. The van der Waals surface area contributed by atoms with E-state index in [4.69, 9.17) is 4.74 Å². The smallest absolute Gasteiger partial charge is 0.286 e. The third-order valence-corrected chi connectivity index (χ3v) is 6.39. The first-order valence-electron chi connectivity index (χ1n) is 9.73. The number of rotatable bonds is 2. The minimum Gasteiger partial charge on any atom is -0.394 e. The number of ketones is 1. The summed E-state index contributed by atoms with van der Waals surface area (Å²) in [5, 5.41) is 54.9. The summed E-state index contributed by atoms with van der Waals surface area (Å²) in [7, 11) is 0. The molecule has 1 fully saturated rings. The lowest BCUT2D eigenvalue weighted by atomic mass is 10.0. The quantitative estimate of drug-likeness (QED) is 0.242. The number of aliphatic hydroxyl groups excluding tert-OH is 3. The number of aliphatic hydroxyl groups is 5. The van der Waals surface area contributed by atoms with Gasteiger partial charge in [-0.3, -0.25) is 14.2 Å². The molecule has 13 heteroatoms. The van der Waals surface area contributed by atoms with Crippen molar-refractivity contribution in [3.63, 3.8) is 0 Å². The molecule has 3 aliphatic rings. The van der Waals surface area contributed by atoms with Crippen LogP contribution in [0.3, 0.4) is 0 Å². The first kappa shape index (κ1) is 19.5. The number of nitrogens with zero attached hydrogens (tertiary/aromatic N) is 4. The number of anilines is 1. The van der Waals surface area contributed by atoms with Crippen LogP contribution in [0.1, 0.15) is 22.1 Å². The monoisotopic (exact) mass is 443 g/mol. The van der Waals surface area contributed by atoms with Crippen molar-refractivity contribution in [2.75, 3.05) is 11.9 Å². The lowest BCUT2D eigenvalue weighted by Gasteiger charge is -2.29. The van der Waals surface area contributed by atoms with E-state index in [0.29, 0.717) is 4.57 Å². The molecule has 0 bridgehead atoms. The molecular formula is C19H17N5O8. The zero-order valence-electron chi connectivity index (χ0n) is 16.2. The molecule has 166 valence electrons. The predicted molar refractivity (Wildman–Crippen MR) is 103 cm³/mol. The maximum absolute atomic E-state index is 13.3. The molecule has 0 saturated carbocycles. The number of hydrogen-bond acceptors (Lipinski definition) is 11. The van der Waals surface area contributed by atoms with Crippen LogP contribution in [0.5, 0.6) is 0 Å². The van der Waals surface area contributed by atoms with Crippen molar-refractivity contribution < 1.29 is 35.1 Å². The number of aromatic nitrogens is 4. The average molecular weight is 443 g/mol. The first-order valence-corrected chi connectivity index (χ1v) is 9.73. The fraction of sp³-hybridized carbons (Fsp3) is 0.368. The topological polar surface area (TPSA) is 192 Å². The van der Waals surface area contributed by atoms with Crippen LogP contribution in [0, 0.1) is 0 Å². The van der Waals surface area contributed by atoms with Gasteiger partial charge in [-0.15, -0.1) is 0 Å². The molecule has 2 aliphatic heterocycles. The fourth-order valence-electron chi connectivity index (χ4n) is 4.76. The summed E-state index contributed by atoms with van der Waals surface area (Å²) in [6, 6.07) is 6.02. The first-order chi connectivity index (χ1) is 15.2. The number of fused-ring (bicyclic) bond motifs is 6. The Morgan fingerprint density at radius 3 is 2.62 bits per heavy atom. The van der Waals surface area contributed by atoms with Crippen LogP contribution in [-0.2, 0) is 16.2 Å². The van der Waals surface area contributed by atoms with Gasteiger partial charge < -0.3 is 35.6 Å². The van der Waals surface area contributed by atoms with Crippen molar-refractivity contribution >= 4 is 22.9 Å². The molecule has 6 N–H and O–H groups in total. The van der Waals surface area contributed by atoms with Gasteiger partial charge in [0.1, 0.15) is 18.3 Å². The molecule has 6 atom stereocenters. The van der Waals surface area contributed by atoms with Crippen molar-refractivity contribution in [2.24, 2.45) is 0 Å². The van der Waals surface area contributed by atoms with E-state index in [2.05, 4.69) is 15.3 Å². The lowest BCUT2D eigenvalue weighted by Crippen LogP contribution is -2.54. The van der Waals surface area contributed by atoms with Crippen LogP contribution in [0.4, 0.5) is 5.95 Å². The Hall–Kier alpha value is -3.20. The highest BCUT2D eigenvalue weighted by Gasteiger charge is 2.69. The zero-order chi connectivity index (χ0) is 22.6. The number of carbonyl (C=O) groups excluding carboxylic acids is 1. The zero-order valence-corrected chi connectivity index (χ0v) is 16.2. The van der Waals surface area contributed by atoms with E-state index in [0.717, 1.165) is 6.33 Å². The second-order valence-electron chi connectivity index (χ2n) is 8.01. The van der Waals surface area contributed by atoms with Gasteiger partial charge in [0, 0.05) is 11.1 Å². The Kier molecular flexibility index (Phi) is 3.64. The third kappa shape index (κ3) is 1.98. The molecular weight excluding hydrogens is 426 g/mol. The average Bonchev–Trinajstić information content (AvgIpc) is 3.44. The number of benzene rings is 1. The van der Waals surface area contributed by atoms with Crippen LogP contribution in [0.15, 0.2) is 35.4 Å². The number of ether oxygens (including phenoxy) is 1. The highest BCUT2D eigenvalue weighted by molar-refractivity contribution is 6.08. The van der Waals surface area contributed by atoms with Crippen LogP contribution in [0.2, 0.25) is 0 Å². The van der Waals surface area contributed by atoms with E-state index < -0.39 is 53.9 Å². The summed E-state index contributed by atoms with van der Waals surface area (Å²) in [5.74, 6) is -1.18. The Labute approximate surface area is 177 Å². The molecule has 13 nitrogen and oxygen atoms in total. The van der Waals surface area contributed by atoms with Crippen molar-refractivity contribution in [2.45, 2.75) is 36.0 Å². The number of imidazole rings is 1. The summed E-state index contributed by atoms with van der Waals surface area (Å²) < 4.78 is 7.33. The molecule has 6 unspecified atom stereocenters. The molecule has 1 aromatic carbocycles. The van der Waals surface area contributed by atoms with Gasteiger partial charge in [-0.1, -0.05) is 24.3 Å². The maximum atomic E-state index is 13.3. The molecule has 32 heavy (non-hydrogen) atoms. The van der Waals surface area contributed by atoms with Crippen molar-refractivity contribution in [3.05, 3.63) is 52.1 Å².